The number of hydrogen-bond acceptors (Lipinski definition) is 3. The molecule has 4 heteroatoms. The van der Waals surface area contributed by atoms with E-state index in [4.69, 9.17) is 16.3 Å². The van der Waals surface area contributed by atoms with Crippen molar-refractivity contribution in [3.63, 3.8) is 0 Å². The molecule has 0 heterocycles. The monoisotopic (exact) mass is 283 g/mol. The predicted octanol–water partition coefficient (Wildman–Crippen LogP) is 3.53. The van der Waals surface area contributed by atoms with E-state index in [1.165, 1.54) is 7.11 Å². The average Bonchev–Trinajstić information content (AvgIpc) is 2.43. The summed E-state index contributed by atoms with van der Waals surface area (Å²) in [5.41, 5.74) is 1.07. The van der Waals surface area contributed by atoms with Crippen LogP contribution in [0.3, 0.4) is 0 Å². The molecule has 0 fully saturated rings. The molecule has 0 aliphatic carbocycles. The Bertz CT molecular complexity index is 436. The summed E-state index contributed by atoms with van der Waals surface area (Å²) in [5.74, 6) is -0.370. The van der Waals surface area contributed by atoms with Crippen LogP contribution in [0.15, 0.2) is 24.3 Å². The van der Waals surface area contributed by atoms with Crippen LogP contribution in [0, 0.1) is 5.92 Å². The SMILES string of the molecule is COC(=O)C(C)C(C)N(C)C(C)c1ccccc1Cl. The minimum Gasteiger partial charge on any atom is -0.469 e. The van der Waals surface area contributed by atoms with Crippen LogP contribution in [0.2, 0.25) is 5.02 Å². The molecule has 0 spiro atoms. The lowest BCUT2D eigenvalue weighted by atomic mass is 9.99. The van der Waals surface area contributed by atoms with Gasteiger partial charge in [-0.25, -0.2) is 0 Å². The molecule has 0 aliphatic rings. The lowest BCUT2D eigenvalue weighted by Gasteiger charge is -2.34. The van der Waals surface area contributed by atoms with Crippen LogP contribution in [0.25, 0.3) is 0 Å². The maximum absolute atomic E-state index is 11.6. The highest BCUT2D eigenvalue weighted by molar-refractivity contribution is 6.31. The summed E-state index contributed by atoms with van der Waals surface area (Å²) in [5, 5.41) is 0.750. The zero-order chi connectivity index (χ0) is 14.6. The van der Waals surface area contributed by atoms with Crippen molar-refractivity contribution in [3.8, 4) is 0 Å². The molecule has 0 aliphatic heterocycles. The van der Waals surface area contributed by atoms with Crippen LogP contribution < -0.4 is 0 Å². The molecule has 1 aromatic rings. The van der Waals surface area contributed by atoms with E-state index in [1.807, 2.05) is 45.2 Å². The smallest absolute Gasteiger partial charge is 0.309 e. The highest BCUT2D eigenvalue weighted by Crippen LogP contribution is 2.29. The number of methoxy groups -OCH3 is 1. The topological polar surface area (TPSA) is 29.5 Å². The van der Waals surface area contributed by atoms with Gasteiger partial charge in [0.05, 0.1) is 13.0 Å². The molecule has 3 unspecified atom stereocenters. The molecule has 3 atom stereocenters. The molecular formula is C15H22ClNO2. The molecule has 106 valence electrons. The summed E-state index contributed by atoms with van der Waals surface area (Å²) >= 11 is 6.22. The molecule has 0 aromatic heterocycles. The molecule has 1 aromatic carbocycles. The van der Waals surface area contributed by atoms with Gasteiger partial charge >= 0.3 is 5.97 Å². The van der Waals surface area contributed by atoms with Crippen molar-refractivity contribution in [3.05, 3.63) is 34.9 Å². The van der Waals surface area contributed by atoms with Crippen molar-refractivity contribution in [2.75, 3.05) is 14.2 Å². The van der Waals surface area contributed by atoms with Gasteiger partial charge in [-0.3, -0.25) is 9.69 Å². The Morgan fingerprint density at radius 2 is 1.84 bits per heavy atom. The van der Waals surface area contributed by atoms with Crippen LogP contribution in [-0.4, -0.2) is 31.1 Å². The largest absolute Gasteiger partial charge is 0.469 e. The molecular weight excluding hydrogens is 262 g/mol. The fourth-order valence-corrected chi connectivity index (χ4v) is 2.42. The van der Waals surface area contributed by atoms with Gasteiger partial charge in [0.2, 0.25) is 0 Å². The maximum atomic E-state index is 11.6. The molecule has 19 heavy (non-hydrogen) atoms. The first-order chi connectivity index (χ1) is 8.90. The van der Waals surface area contributed by atoms with E-state index in [0.29, 0.717) is 0 Å². The van der Waals surface area contributed by atoms with E-state index in [9.17, 15) is 4.79 Å². The molecule has 3 nitrogen and oxygen atoms in total. The van der Waals surface area contributed by atoms with Crippen molar-refractivity contribution in [2.24, 2.45) is 5.92 Å². The number of rotatable bonds is 5. The minimum absolute atomic E-state index is 0.0683. The van der Waals surface area contributed by atoms with Crippen LogP contribution >= 0.6 is 11.6 Å². The molecule has 0 bridgehead atoms. The van der Waals surface area contributed by atoms with E-state index < -0.39 is 0 Å². The molecule has 0 saturated carbocycles. The number of carbonyl (C=O) groups excluding carboxylic acids is 1. The molecule has 0 amide bonds. The van der Waals surface area contributed by atoms with Crippen molar-refractivity contribution in [1.29, 1.82) is 0 Å². The third kappa shape index (κ3) is 3.71. The zero-order valence-corrected chi connectivity index (χ0v) is 12.9. The number of carbonyl (C=O) groups is 1. The number of nitrogens with zero attached hydrogens (tertiary/aromatic N) is 1. The van der Waals surface area contributed by atoms with Gasteiger partial charge in [-0.2, -0.15) is 0 Å². The summed E-state index contributed by atoms with van der Waals surface area (Å²) in [6.45, 7) is 5.99. The quantitative estimate of drug-likeness (QED) is 0.774. The summed E-state index contributed by atoms with van der Waals surface area (Å²) in [4.78, 5) is 13.8. The van der Waals surface area contributed by atoms with Gasteiger partial charge in [0.1, 0.15) is 0 Å². The average molecular weight is 284 g/mol. The first kappa shape index (κ1) is 16.0. The first-order valence-corrected chi connectivity index (χ1v) is 6.82. The van der Waals surface area contributed by atoms with E-state index in [0.717, 1.165) is 10.6 Å². The highest BCUT2D eigenvalue weighted by Gasteiger charge is 2.27. The molecule has 0 saturated heterocycles. The summed E-state index contributed by atoms with van der Waals surface area (Å²) in [6.07, 6.45) is 0. The fraction of sp³-hybridized carbons (Fsp3) is 0.533. The predicted molar refractivity (Wildman–Crippen MR) is 78.3 cm³/mol. The highest BCUT2D eigenvalue weighted by atomic mass is 35.5. The molecule has 0 N–H and O–H groups in total. The summed E-state index contributed by atoms with van der Waals surface area (Å²) < 4.78 is 4.80. The van der Waals surface area contributed by atoms with E-state index in [1.54, 1.807) is 0 Å². The second kappa shape index (κ2) is 6.92. The Kier molecular flexibility index (Phi) is 5.83. The summed E-state index contributed by atoms with van der Waals surface area (Å²) in [6, 6.07) is 7.99. The Balaban J connectivity index is 2.85. The van der Waals surface area contributed by atoms with Gasteiger partial charge < -0.3 is 4.74 Å². The summed E-state index contributed by atoms with van der Waals surface area (Å²) in [7, 11) is 3.42. The van der Waals surface area contributed by atoms with Crippen molar-refractivity contribution in [2.45, 2.75) is 32.9 Å². The normalized spacial score (nSPS) is 15.9. The minimum atomic E-state index is -0.189. The fourth-order valence-electron chi connectivity index (χ4n) is 2.12. The van der Waals surface area contributed by atoms with E-state index >= 15 is 0 Å². The van der Waals surface area contributed by atoms with Gasteiger partial charge in [0.25, 0.3) is 0 Å². The van der Waals surface area contributed by atoms with Gasteiger partial charge in [0.15, 0.2) is 0 Å². The third-order valence-electron chi connectivity index (χ3n) is 3.91. The number of halogens is 1. The van der Waals surface area contributed by atoms with Crippen LogP contribution in [-0.2, 0) is 9.53 Å². The lowest BCUT2D eigenvalue weighted by Crippen LogP contribution is -2.39. The number of esters is 1. The van der Waals surface area contributed by atoms with Crippen LogP contribution in [0.4, 0.5) is 0 Å². The number of benzene rings is 1. The maximum Gasteiger partial charge on any atom is 0.309 e. The van der Waals surface area contributed by atoms with Gasteiger partial charge in [-0.1, -0.05) is 36.7 Å². The number of hydrogen-bond donors (Lipinski definition) is 0. The third-order valence-corrected chi connectivity index (χ3v) is 4.25. The van der Waals surface area contributed by atoms with E-state index in [-0.39, 0.29) is 24.0 Å². The molecule has 1 rings (SSSR count). The Morgan fingerprint density at radius 3 is 2.37 bits per heavy atom. The van der Waals surface area contributed by atoms with Crippen LogP contribution in [0.5, 0.6) is 0 Å². The van der Waals surface area contributed by atoms with Crippen molar-refractivity contribution >= 4 is 17.6 Å². The Morgan fingerprint density at radius 1 is 1.26 bits per heavy atom. The Hall–Kier alpha value is -1.06. The standard InChI is InChI=1S/C15H22ClNO2/c1-10(15(18)19-5)11(2)17(4)12(3)13-8-6-7-9-14(13)16/h6-12H,1-5H3. The zero-order valence-electron chi connectivity index (χ0n) is 12.2. The first-order valence-electron chi connectivity index (χ1n) is 6.44. The van der Waals surface area contributed by atoms with E-state index in [2.05, 4.69) is 11.8 Å². The van der Waals surface area contributed by atoms with Gasteiger partial charge in [0, 0.05) is 17.1 Å². The number of ether oxygens (including phenoxy) is 1. The molecule has 0 radical (unpaired) electrons. The van der Waals surface area contributed by atoms with Gasteiger partial charge in [-0.15, -0.1) is 0 Å². The lowest BCUT2D eigenvalue weighted by molar-refractivity contribution is -0.147. The van der Waals surface area contributed by atoms with Gasteiger partial charge in [-0.05, 0) is 32.5 Å². The Labute approximate surface area is 120 Å². The second-order valence-electron chi connectivity index (χ2n) is 4.92. The van der Waals surface area contributed by atoms with Crippen molar-refractivity contribution in [1.82, 2.24) is 4.90 Å². The van der Waals surface area contributed by atoms with Crippen LogP contribution in [0.1, 0.15) is 32.4 Å². The van der Waals surface area contributed by atoms with Crippen molar-refractivity contribution < 1.29 is 9.53 Å². The second-order valence-corrected chi connectivity index (χ2v) is 5.32.